The normalized spacial score (nSPS) is 16.5. The molecule has 0 saturated carbocycles. The molecule has 0 aromatic heterocycles. The maximum atomic E-state index is 12.1. The first-order chi connectivity index (χ1) is 12.5. The smallest absolute Gasteiger partial charge is 0.252 e. The van der Waals surface area contributed by atoms with Crippen molar-refractivity contribution < 1.29 is 9.59 Å². The molecule has 0 aliphatic carbocycles. The highest BCUT2D eigenvalue weighted by atomic mass is 127. The van der Waals surface area contributed by atoms with Gasteiger partial charge in [-0.25, -0.2) is 0 Å². The molecule has 1 fully saturated rings. The topological polar surface area (TPSA) is 85.8 Å². The van der Waals surface area contributed by atoms with E-state index in [0.29, 0.717) is 42.6 Å². The Bertz CT molecular complexity index is 671. The van der Waals surface area contributed by atoms with Crippen LogP contribution in [-0.4, -0.2) is 61.9 Å². The lowest BCUT2D eigenvalue weighted by molar-refractivity contribution is -0.129. The zero-order chi connectivity index (χ0) is 18.9. The summed E-state index contributed by atoms with van der Waals surface area (Å²) >= 11 is 6.01. The summed E-state index contributed by atoms with van der Waals surface area (Å²) in [7, 11) is 1.70. The molecule has 27 heavy (non-hydrogen) atoms. The highest BCUT2D eigenvalue weighted by Crippen LogP contribution is 2.14. The quantitative estimate of drug-likeness (QED) is 0.237. The zero-order valence-electron chi connectivity index (χ0n) is 15.6. The summed E-state index contributed by atoms with van der Waals surface area (Å²) in [6.45, 7) is 4.31. The first-order valence-electron chi connectivity index (χ1n) is 8.82. The molecule has 1 unspecified atom stereocenters. The van der Waals surface area contributed by atoms with Crippen molar-refractivity contribution in [2.45, 2.75) is 25.8 Å². The predicted molar refractivity (Wildman–Crippen MR) is 119 cm³/mol. The van der Waals surface area contributed by atoms with Gasteiger partial charge in [0.1, 0.15) is 0 Å². The molecule has 2 amide bonds. The summed E-state index contributed by atoms with van der Waals surface area (Å²) in [5, 5.41) is 9.73. The Hall–Kier alpha value is -1.55. The third-order valence-corrected chi connectivity index (χ3v) is 4.56. The van der Waals surface area contributed by atoms with Crippen LogP contribution in [0, 0.1) is 0 Å². The number of nitrogens with zero attached hydrogens (tertiary/aromatic N) is 2. The van der Waals surface area contributed by atoms with Crippen LogP contribution in [0.15, 0.2) is 29.3 Å². The Morgan fingerprint density at radius 2 is 1.96 bits per heavy atom. The Morgan fingerprint density at radius 1 is 1.26 bits per heavy atom. The highest BCUT2D eigenvalue weighted by molar-refractivity contribution is 14.0. The standard InChI is InChI=1S/C18H26ClN5O2.HI/c1-3-16(25)24-11-8-13(12-24)23-18(20-2)22-10-9-21-17(26)14-6-4-5-7-15(14)19;/h4-7,13H,3,8-12H2,1-2H3,(H,21,26)(H2,20,22,23);1H. The molecule has 1 aliphatic heterocycles. The minimum atomic E-state index is -0.204. The lowest BCUT2D eigenvalue weighted by Gasteiger charge is -2.18. The number of amides is 2. The number of hydrogen-bond acceptors (Lipinski definition) is 3. The minimum absolute atomic E-state index is 0. The molecule has 0 bridgehead atoms. The van der Waals surface area contributed by atoms with Crippen LogP contribution in [0.4, 0.5) is 0 Å². The van der Waals surface area contributed by atoms with Gasteiger partial charge in [0.15, 0.2) is 5.96 Å². The van der Waals surface area contributed by atoms with Gasteiger partial charge < -0.3 is 20.9 Å². The Balaban J connectivity index is 0.00000364. The number of aliphatic imine (C=N–C) groups is 1. The van der Waals surface area contributed by atoms with Crippen molar-refractivity contribution in [1.29, 1.82) is 0 Å². The SMILES string of the molecule is CCC(=O)N1CCC(NC(=NC)NCCNC(=O)c2ccccc2Cl)C1.I. The van der Waals surface area contributed by atoms with Gasteiger partial charge in [0.05, 0.1) is 10.6 Å². The van der Waals surface area contributed by atoms with E-state index >= 15 is 0 Å². The number of hydrogen-bond donors (Lipinski definition) is 3. The summed E-state index contributed by atoms with van der Waals surface area (Å²) in [5.74, 6) is 0.636. The van der Waals surface area contributed by atoms with Crippen LogP contribution in [0.3, 0.4) is 0 Å². The molecule has 3 N–H and O–H groups in total. The van der Waals surface area contributed by atoms with Crippen LogP contribution in [0.1, 0.15) is 30.1 Å². The van der Waals surface area contributed by atoms with Crippen LogP contribution >= 0.6 is 35.6 Å². The number of carbonyl (C=O) groups is 2. The summed E-state index contributed by atoms with van der Waals surface area (Å²) < 4.78 is 0. The third-order valence-electron chi connectivity index (χ3n) is 4.23. The number of likely N-dealkylation sites (tertiary alicyclic amines) is 1. The maximum absolute atomic E-state index is 12.1. The molecule has 1 atom stereocenters. The number of carbonyl (C=O) groups excluding carboxylic acids is 2. The molecule has 1 aliphatic rings. The number of benzene rings is 1. The van der Waals surface area contributed by atoms with Crippen LogP contribution in [0.2, 0.25) is 5.02 Å². The van der Waals surface area contributed by atoms with Crippen molar-refractivity contribution in [2.24, 2.45) is 4.99 Å². The average molecular weight is 508 g/mol. The van der Waals surface area contributed by atoms with Gasteiger partial charge in [0.25, 0.3) is 5.91 Å². The van der Waals surface area contributed by atoms with Gasteiger partial charge in [0.2, 0.25) is 5.91 Å². The number of nitrogens with one attached hydrogen (secondary N) is 3. The fourth-order valence-electron chi connectivity index (χ4n) is 2.81. The van der Waals surface area contributed by atoms with Gasteiger partial charge in [0, 0.05) is 45.7 Å². The van der Waals surface area contributed by atoms with Crippen molar-refractivity contribution in [1.82, 2.24) is 20.9 Å². The van der Waals surface area contributed by atoms with Gasteiger partial charge in [-0.3, -0.25) is 14.6 Å². The minimum Gasteiger partial charge on any atom is -0.355 e. The second-order valence-electron chi connectivity index (χ2n) is 6.06. The second kappa shape index (κ2) is 12.0. The molecule has 1 saturated heterocycles. The fourth-order valence-corrected chi connectivity index (χ4v) is 3.04. The molecule has 9 heteroatoms. The molecule has 1 heterocycles. The van der Waals surface area contributed by atoms with E-state index in [1.54, 1.807) is 31.3 Å². The van der Waals surface area contributed by atoms with Crippen LogP contribution < -0.4 is 16.0 Å². The van der Waals surface area contributed by atoms with Crippen LogP contribution in [-0.2, 0) is 4.79 Å². The average Bonchev–Trinajstić information content (AvgIpc) is 3.12. The van der Waals surface area contributed by atoms with E-state index in [0.717, 1.165) is 13.0 Å². The van der Waals surface area contributed by atoms with E-state index < -0.39 is 0 Å². The van der Waals surface area contributed by atoms with E-state index in [9.17, 15) is 9.59 Å². The summed E-state index contributed by atoms with van der Waals surface area (Å²) in [6, 6.07) is 7.13. The van der Waals surface area contributed by atoms with E-state index in [2.05, 4.69) is 20.9 Å². The lowest BCUT2D eigenvalue weighted by atomic mass is 10.2. The molecule has 1 aromatic carbocycles. The molecular formula is C18H27ClIN5O2. The van der Waals surface area contributed by atoms with Crippen molar-refractivity contribution in [3.05, 3.63) is 34.9 Å². The Labute approximate surface area is 182 Å². The monoisotopic (exact) mass is 507 g/mol. The molecule has 7 nitrogen and oxygen atoms in total. The van der Waals surface area contributed by atoms with Crippen LogP contribution in [0.5, 0.6) is 0 Å². The number of rotatable bonds is 6. The van der Waals surface area contributed by atoms with Gasteiger partial charge >= 0.3 is 0 Å². The van der Waals surface area contributed by atoms with Gasteiger partial charge in [-0.05, 0) is 18.6 Å². The highest BCUT2D eigenvalue weighted by Gasteiger charge is 2.25. The fraction of sp³-hybridized carbons (Fsp3) is 0.500. The van der Waals surface area contributed by atoms with E-state index in [-0.39, 0.29) is 41.8 Å². The molecular weight excluding hydrogens is 481 g/mol. The van der Waals surface area contributed by atoms with Gasteiger partial charge in [-0.15, -0.1) is 24.0 Å². The van der Waals surface area contributed by atoms with Crippen molar-refractivity contribution in [3.63, 3.8) is 0 Å². The summed E-state index contributed by atoms with van der Waals surface area (Å²) in [6.07, 6.45) is 1.43. The maximum Gasteiger partial charge on any atom is 0.252 e. The number of guanidine groups is 1. The van der Waals surface area contributed by atoms with Crippen molar-refractivity contribution >= 4 is 53.4 Å². The first-order valence-corrected chi connectivity index (χ1v) is 9.20. The largest absolute Gasteiger partial charge is 0.355 e. The van der Waals surface area contributed by atoms with Gasteiger partial charge in [-0.1, -0.05) is 30.7 Å². The second-order valence-corrected chi connectivity index (χ2v) is 6.47. The third kappa shape index (κ3) is 7.17. The summed E-state index contributed by atoms with van der Waals surface area (Å²) in [5.41, 5.74) is 0.461. The van der Waals surface area contributed by atoms with E-state index in [4.69, 9.17) is 11.6 Å². The van der Waals surface area contributed by atoms with Crippen molar-refractivity contribution in [2.75, 3.05) is 33.2 Å². The Kier molecular flexibility index (Phi) is 10.5. The molecule has 0 spiro atoms. The van der Waals surface area contributed by atoms with Crippen LogP contribution in [0.25, 0.3) is 0 Å². The molecule has 0 radical (unpaired) electrons. The first kappa shape index (κ1) is 23.5. The van der Waals surface area contributed by atoms with Crippen molar-refractivity contribution in [3.8, 4) is 0 Å². The molecule has 150 valence electrons. The number of halogens is 2. The molecule has 2 rings (SSSR count). The molecule has 1 aromatic rings. The lowest BCUT2D eigenvalue weighted by Crippen LogP contribution is -2.46. The predicted octanol–water partition coefficient (Wildman–Crippen LogP) is 1.86. The van der Waals surface area contributed by atoms with Gasteiger partial charge in [-0.2, -0.15) is 0 Å². The zero-order valence-corrected chi connectivity index (χ0v) is 18.7. The Morgan fingerprint density at radius 3 is 2.63 bits per heavy atom. The summed E-state index contributed by atoms with van der Waals surface area (Å²) in [4.78, 5) is 29.9. The van der Waals surface area contributed by atoms with E-state index in [1.165, 1.54) is 0 Å². The van der Waals surface area contributed by atoms with E-state index in [1.807, 2.05) is 11.8 Å².